The minimum atomic E-state index is -0.828. The van der Waals surface area contributed by atoms with Crippen LogP contribution in [0.5, 0.6) is 0 Å². The first-order chi connectivity index (χ1) is 14.3. The van der Waals surface area contributed by atoms with Crippen molar-refractivity contribution in [1.82, 2.24) is 10.3 Å². The van der Waals surface area contributed by atoms with Gasteiger partial charge in [0.25, 0.3) is 5.69 Å². The summed E-state index contributed by atoms with van der Waals surface area (Å²) in [5.41, 5.74) is 3.35. The van der Waals surface area contributed by atoms with Gasteiger partial charge in [-0.3, -0.25) is 19.7 Å². The molecule has 2 amide bonds. The molecule has 0 unspecified atom stereocenters. The Morgan fingerprint density at radius 3 is 2.33 bits per heavy atom. The summed E-state index contributed by atoms with van der Waals surface area (Å²) >= 11 is 1.57. The maximum atomic E-state index is 12.0. The Labute approximate surface area is 177 Å². The Bertz CT molecular complexity index is 1080. The lowest BCUT2D eigenvalue weighted by Crippen LogP contribution is -2.36. The summed E-state index contributed by atoms with van der Waals surface area (Å²) in [6.07, 6.45) is 0.561. The molecule has 2 N–H and O–H groups in total. The number of nitrogens with one attached hydrogen (secondary N) is 2. The molecule has 1 heterocycles. The highest BCUT2D eigenvalue weighted by Gasteiger charge is 2.15. The molecule has 0 spiro atoms. The van der Waals surface area contributed by atoms with Crippen molar-refractivity contribution in [3.8, 4) is 10.6 Å². The highest BCUT2D eigenvalue weighted by Crippen LogP contribution is 2.28. The van der Waals surface area contributed by atoms with Crippen LogP contribution < -0.4 is 10.6 Å². The molecule has 154 valence electrons. The average molecular weight is 424 g/mol. The summed E-state index contributed by atoms with van der Waals surface area (Å²) in [5, 5.41) is 16.6. The van der Waals surface area contributed by atoms with Crippen LogP contribution in [-0.2, 0) is 16.0 Å². The zero-order valence-corrected chi connectivity index (χ0v) is 17.3. The van der Waals surface area contributed by atoms with Gasteiger partial charge in [0.2, 0.25) is 0 Å². The van der Waals surface area contributed by atoms with E-state index in [1.807, 2.05) is 38.1 Å². The number of non-ortho nitro benzene ring substituents is 1. The topological polar surface area (TPSA) is 114 Å². The number of rotatable bonds is 6. The molecule has 2 aromatic carbocycles. The minimum absolute atomic E-state index is 0.0950. The monoisotopic (exact) mass is 424 g/mol. The van der Waals surface area contributed by atoms with Crippen LogP contribution >= 0.6 is 11.3 Å². The summed E-state index contributed by atoms with van der Waals surface area (Å²) in [7, 11) is 0. The molecule has 0 fully saturated rings. The number of carbonyl (C=O) groups excluding carboxylic acids is 2. The Hall–Kier alpha value is -3.59. The van der Waals surface area contributed by atoms with Gasteiger partial charge in [0, 0.05) is 41.2 Å². The van der Waals surface area contributed by atoms with E-state index in [0.29, 0.717) is 18.7 Å². The van der Waals surface area contributed by atoms with E-state index in [-0.39, 0.29) is 5.69 Å². The van der Waals surface area contributed by atoms with Crippen molar-refractivity contribution < 1.29 is 14.5 Å². The van der Waals surface area contributed by atoms with Crippen LogP contribution in [-0.4, -0.2) is 28.3 Å². The highest BCUT2D eigenvalue weighted by atomic mass is 32.1. The van der Waals surface area contributed by atoms with Crippen LogP contribution in [0.2, 0.25) is 0 Å². The van der Waals surface area contributed by atoms with E-state index in [4.69, 9.17) is 0 Å². The van der Waals surface area contributed by atoms with Crippen LogP contribution in [0.15, 0.2) is 48.5 Å². The minimum Gasteiger partial charge on any atom is -0.347 e. The van der Waals surface area contributed by atoms with Crippen molar-refractivity contribution in [3.05, 3.63) is 74.8 Å². The molecular weight excluding hydrogens is 404 g/mol. The number of nitro groups is 1. The molecule has 1 aromatic heterocycles. The van der Waals surface area contributed by atoms with Gasteiger partial charge in [-0.1, -0.05) is 29.8 Å². The normalized spacial score (nSPS) is 10.5. The number of hydrogen-bond acceptors (Lipinski definition) is 6. The van der Waals surface area contributed by atoms with Gasteiger partial charge in [-0.05, 0) is 26.0 Å². The van der Waals surface area contributed by atoms with Gasteiger partial charge in [0.15, 0.2) is 0 Å². The van der Waals surface area contributed by atoms with Crippen LogP contribution in [0.4, 0.5) is 11.4 Å². The number of amides is 2. The average Bonchev–Trinajstić information content (AvgIpc) is 3.09. The summed E-state index contributed by atoms with van der Waals surface area (Å²) in [6, 6.07) is 13.4. The third-order valence-electron chi connectivity index (χ3n) is 4.37. The Morgan fingerprint density at radius 1 is 1.03 bits per heavy atom. The first-order valence-corrected chi connectivity index (χ1v) is 10.0. The zero-order chi connectivity index (χ0) is 21.7. The van der Waals surface area contributed by atoms with Crippen LogP contribution in [0.25, 0.3) is 10.6 Å². The van der Waals surface area contributed by atoms with Crippen molar-refractivity contribution in [2.75, 3.05) is 11.9 Å². The second-order valence-electron chi connectivity index (χ2n) is 6.66. The molecule has 9 heteroatoms. The molecular formula is C21H20N4O4S. The Kier molecular flexibility index (Phi) is 6.53. The number of aryl methyl sites for hydroxylation is 2. The summed E-state index contributed by atoms with van der Waals surface area (Å²) in [5.74, 6) is -1.60. The fourth-order valence-corrected chi connectivity index (χ4v) is 3.77. The summed E-state index contributed by atoms with van der Waals surface area (Å²) in [6.45, 7) is 4.25. The van der Waals surface area contributed by atoms with E-state index in [1.165, 1.54) is 29.8 Å². The zero-order valence-electron chi connectivity index (χ0n) is 16.5. The van der Waals surface area contributed by atoms with Crippen molar-refractivity contribution in [1.29, 1.82) is 0 Å². The molecule has 8 nitrogen and oxygen atoms in total. The first-order valence-electron chi connectivity index (χ1n) is 9.20. The number of hydrogen-bond donors (Lipinski definition) is 2. The molecule has 0 aliphatic rings. The fourth-order valence-electron chi connectivity index (χ4n) is 2.70. The van der Waals surface area contributed by atoms with E-state index < -0.39 is 16.7 Å². The molecule has 0 bridgehead atoms. The van der Waals surface area contributed by atoms with Gasteiger partial charge >= 0.3 is 11.8 Å². The number of thiazole rings is 1. The van der Waals surface area contributed by atoms with Gasteiger partial charge in [-0.25, -0.2) is 4.98 Å². The van der Waals surface area contributed by atoms with Crippen molar-refractivity contribution in [2.24, 2.45) is 0 Å². The largest absolute Gasteiger partial charge is 0.347 e. The number of anilines is 1. The van der Waals surface area contributed by atoms with E-state index >= 15 is 0 Å². The van der Waals surface area contributed by atoms with Crippen LogP contribution in [0.3, 0.4) is 0 Å². The predicted molar refractivity (Wildman–Crippen MR) is 115 cm³/mol. The van der Waals surface area contributed by atoms with Crippen molar-refractivity contribution >= 4 is 34.5 Å². The fraction of sp³-hybridized carbons (Fsp3) is 0.190. The molecule has 0 saturated heterocycles. The van der Waals surface area contributed by atoms with E-state index in [0.717, 1.165) is 21.1 Å². The maximum absolute atomic E-state index is 12.0. The number of nitrogens with zero attached hydrogens (tertiary/aromatic N) is 2. The lowest BCUT2D eigenvalue weighted by Gasteiger charge is -2.06. The standard InChI is InChI=1S/C21H20N4O4S/c1-13-3-5-15(6-4-13)21-23-14(2)18(30-21)11-12-22-19(26)20(27)24-16-7-9-17(10-8-16)25(28)29/h3-10H,11-12H2,1-2H3,(H,22,26)(H,24,27). The second-order valence-corrected chi connectivity index (χ2v) is 7.74. The smallest absolute Gasteiger partial charge is 0.313 e. The number of nitro benzene ring substituents is 1. The quantitative estimate of drug-likeness (QED) is 0.356. The molecule has 0 aliphatic carbocycles. The number of aromatic nitrogens is 1. The van der Waals surface area contributed by atoms with Gasteiger partial charge in [-0.2, -0.15) is 0 Å². The Balaban J connectivity index is 1.52. The predicted octanol–water partition coefficient (Wildman–Crippen LogP) is 3.63. The van der Waals surface area contributed by atoms with E-state index in [9.17, 15) is 19.7 Å². The van der Waals surface area contributed by atoms with Crippen LogP contribution in [0.1, 0.15) is 16.1 Å². The van der Waals surface area contributed by atoms with E-state index in [1.54, 1.807) is 11.3 Å². The molecule has 30 heavy (non-hydrogen) atoms. The van der Waals surface area contributed by atoms with Gasteiger partial charge in [0.05, 0.1) is 10.6 Å². The summed E-state index contributed by atoms with van der Waals surface area (Å²) in [4.78, 5) is 39.8. The van der Waals surface area contributed by atoms with Crippen molar-refractivity contribution in [3.63, 3.8) is 0 Å². The molecule has 0 saturated carbocycles. The number of carbonyl (C=O) groups is 2. The second kappa shape index (κ2) is 9.27. The molecule has 0 radical (unpaired) electrons. The van der Waals surface area contributed by atoms with Gasteiger partial charge in [0.1, 0.15) is 5.01 Å². The van der Waals surface area contributed by atoms with Gasteiger partial charge in [-0.15, -0.1) is 11.3 Å². The van der Waals surface area contributed by atoms with Crippen LogP contribution in [0, 0.1) is 24.0 Å². The maximum Gasteiger partial charge on any atom is 0.313 e. The first kappa shape index (κ1) is 21.1. The Morgan fingerprint density at radius 2 is 1.70 bits per heavy atom. The SMILES string of the molecule is Cc1ccc(-c2nc(C)c(CCNC(=O)C(=O)Nc3ccc([N+](=O)[O-])cc3)s2)cc1. The van der Waals surface area contributed by atoms with Gasteiger partial charge < -0.3 is 10.6 Å². The number of benzene rings is 2. The molecule has 3 rings (SSSR count). The van der Waals surface area contributed by atoms with Crippen molar-refractivity contribution in [2.45, 2.75) is 20.3 Å². The molecule has 3 aromatic rings. The van der Waals surface area contributed by atoms with E-state index in [2.05, 4.69) is 15.6 Å². The third kappa shape index (κ3) is 5.26. The highest BCUT2D eigenvalue weighted by molar-refractivity contribution is 7.15. The lowest BCUT2D eigenvalue weighted by molar-refractivity contribution is -0.384. The third-order valence-corrected chi connectivity index (χ3v) is 5.64. The summed E-state index contributed by atoms with van der Waals surface area (Å²) < 4.78 is 0. The lowest BCUT2D eigenvalue weighted by atomic mass is 10.2. The molecule has 0 aliphatic heterocycles. The molecule has 0 atom stereocenters.